The third kappa shape index (κ3) is 3.08. The van der Waals surface area contributed by atoms with E-state index in [0.29, 0.717) is 11.3 Å². The lowest BCUT2D eigenvalue weighted by atomic mass is 9.79. The molecule has 1 aromatic carbocycles. The SMILES string of the molecule is CC(C)(C)C1Cc2ccc(COC(F)F)cc2C1. The molecule has 1 nitrogen and oxygen atoms in total. The minimum atomic E-state index is -2.69. The molecule has 100 valence electrons. The third-order valence-corrected chi connectivity index (χ3v) is 3.80. The maximum absolute atomic E-state index is 12.0. The first-order chi connectivity index (χ1) is 8.36. The molecule has 0 saturated carbocycles. The number of fused-ring (bicyclic) bond motifs is 1. The van der Waals surface area contributed by atoms with Crippen LogP contribution in [-0.4, -0.2) is 6.61 Å². The highest BCUT2D eigenvalue weighted by Gasteiger charge is 2.30. The number of benzene rings is 1. The smallest absolute Gasteiger partial charge is 0.318 e. The molecule has 0 amide bonds. The van der Waals surface area contributed by atoms with Crippen LogP contribution in [0, 0.1) is 11.3 Å². The van der Waals surface area contributed by atoms with Crippen molar-refractivity contribution in [2.75, 3.05) is 0 Å². The van der Waals surface area contributed by atoms with Crippen LogP contribution < -0.4 is 0 Å². The average molecular weight is 254 g/mol. The van der Waals surface area contributed by atoms with Gasteiger partial charge in [-0.3, -0.25) is 0 Å². The molecule has 0 spiro atoms. The van der Waals surface area contributed by atoms with E-state index in [1.165, 1.54) is 11.1 Å². The molecular formula is C15H20F2O. The third-order valence-electron chi connectivity index (χ3n) is 3.80. The molecule has 1 aliphatic carbocycles. The van der Waals surface area contributed by atoms with E-state index in [4.69, 9.17) is 0 Å². The van der Waals surface area contributed by atoms with E-state index in [2.05, 4.69) is 31.6 Å². The number of rotatable bonds is 3. The minimum absolute atomic E-state index is 0.00880. The van der Waals surface area contributed by atoms with E-state index in [1.807, 2.05) is 12.1 Å². The number of ether oxygens (including phenoxy) is 1. The molecular weight excluding hydrogens is 234 g/mol. The van der Waals surface area contributed by atoms with Gasteiger partial charge >= 0.3 is 6.61 Å². The molecule has 0 bridgehead atoms. The second-order valence-electron chi connectivity index (χ2n) is 6.15. The van der Waals surface area contributed by atoms with E-state index in [1.54, 1.807) is 0 Å². The van der Waals surface area contributed by atoms with Gasteiger partial charge in [0.15, 0.2) is 0 Å². The van der Waals surface area contributed by atoms with Crippen LogP contribution in [0.2, 0.25) is 0 Å². The summed E-state index contributed by atoms with van der Waals surface area (Å²) < 4.78 is 28.3. The Balaban J connectivity index is 2.07. The highest BCUT2D eigenvalue weighted by Crippen LogP contribution is 2.38. The Morgan fingerprint density at radius 3 is 2.50 bits per heavy atom. The van der Waals surface area contributed by atoms with Crippen LogP contribution in [0.1, 0.15) is 37.5 Å². The maximum Gasteiger partial charge on any atom is 0.345 e. The Bertz CT molecular complexity index is 421. The zero-order valence-corrected chi connectivity index (χ0v) is 11.2. The van der Waals surface area contributed by atoms with Crippen molar-refractivity contribution < 1.29 is 13.5 Å². The van der Waals surface area contributed by atoms with Crippen LogP contribution in [0.15, 0.2) is 18.2 Å². The predicted octanol–water partition coefficient (Wildman–Crippen LogP) is 4.19. The average Bonchev–Trinajstić information content (AvgIpc) is 2.68. The highest BCUT2D eigenvalue weighted by molar-refractivity contribution is 5.36. The summed E-state index contributed by atoms with van der Waals surface area (Å²) in [5.74, 6) is 0.638. The van der Waals surface area contributed by atoms with Crippen molar-refractivity contribution in [2.45, 2.75) is 46.8 Å². The van der Waals surface area contributed by atoms with E-state index in [-0.39, 0.29) is 6.61 Å². The van der Waals surface area contributed by atoms with Crippen LogP contribution in [0.4, 0.5) is 8.78 Å². The maximum atomic E-state index is 12.0. The predicted molar refractivity (Wildman–Crippen MR) is 67.6 cm³/mol. The van der Waals surface area contributed by atoms with Crippen molar-refractivity contribution in [2.24, 2.45) is 11.3 Å². The van der Waals surface area contributed by atoms with E-state index >= 15 is 0 Å². The first kappa shape index (κ1) is 13.5. The summed E-state index contributed by atoms with van der Waals surface area (Å²) in [6, 6.07) is 5.97. The zero-order chi connectivity index (χ0) is 13.3. The van der Waals surface area contributed by atoms with Gasteiger partial charge in [-0.25, -0.2) is 0 Å². The van der Waals surface area contributed by atoms with Crippen molar-refractivity contribution in [3.63, 3.8) is 0 Å². The van der Waals surface area contributed by atoms with Gasteiger partial charge in [0.2, 0.25) is 0 Å². The first-order valence-corrected chi connectivity index (χ1v) is 6.36. The molecule has 1 unspecified atom stereocenters. The lowest BCUT2D eigenvalue weighted by Crippen LogP contribution is -2.20. The van der Waals surface area contributed by atoms with Crippen LogP contribution in [0.3, 0.4) is 0 Å². The Kier molecular flexibility index (Phi) is 3.71. The lowest BCUT2D eigenvalue weighted by molar-refractivity contribution is -0.137. The molecule has 1 atom stereocenters. The standard InChI is InChI=1S/C15H20F2O/c1-15(2,3)13-7-11-5-4-10(6-12(11)8-13)9-18-14(16)17/h4-6,13-14H,7-9H2,1-3H3. The molecule has 0 saturated heterocycles. The van der Waals surface area contributed by atoms with Gasteiger partial charge in [-0.2, -0.15) is 8.78 Å². The Morgan fingerprint density at radius 2 is 1.89 bits per heavy atom. The fraction of sp³-hybridized carbons (Fsp3) is 0.600. The molecule has 3 heteroatoms. The molecule has 1 aromatic rings. The Hall–Kier alpha value is -0.960. The molecule has 0 radical (unpaired) electrons. The highest BCUT2D eigenvalue weighted by atomic mass is 19.3. The molecule has 0 fully saturated rings. The van der Waals surface area contributed by atoms with E-state index < -0.39 is 6.61 Å². The van der Waals surface area contributed by atoms with Crippen molar-refractivity contribution in [3.05, 3.63) is 34.9 Å². The van der Waals surface area contributed by atoms with Gasteiger partial charge < -0.3 is 4.74 Å². The summed E-state index contributed by atoms with van der Waals surface area (Å²) in [5.41, 5.74) is 3.78. The molecule has 0 aliphatic heterocycles. The second kappa shape index (κ2) is 4.96. The summed E-state index contributed by atoms with van der Waals surface area (Å²) >= 11 is 0. The lowest BCUT2D eigenvalue weighted by Gasteiger charge is -2.26. The molecule has 2 rings (SSSR count). The molecule has 18 heavy (non-hydrogen) atoms. The van der Waals surface area contributed by atoms with Gasteiger partial charge in [0, 0.05) is 0 Å². The van der Waals surface area contributed by atoms with Gasteiger partial charge in [-0.1, -0.05) is 39.0 Å². The minimum Gasteiger partial charge on any atom is -0.318 e. The molecule has 0 N–H and O–H groups in total. The number of halogens is 2. The number of hydrogen-bond acceptors (Lipinski definition) is 1. The first-order valence-electron chi connectivity index (χ1n) is 6.36. The monoisotopic (exact) mass is 254 g/mol. The summed E-state index contributed by atoms with van der Waals surface area (Å²) in [6.45, 7) is 4.06. The quantitative estimate of drug-likeness (QED) is 0.786. The van der Waals surface area contributed by atoms with Crippen LogP contribution in [0.5, 0.6) is 0 Å². The number of alkyl halides is 2. The Morgan fingerprint density at radius 1 is 1.22 bits per heavy atom. The summed E-state index contributed by atoms with van der Waals surface area (Å²) in [4.78, 5) is 0. The van der Waals surface area contributed by atoms with Gasteiger partial charge in [0.25, 0.3) is 0 Å². The van der Waals surface area contributed by atoms with E-state index in [9.17, 15) is 8.78 Å². The second-order valence-corrected chi connectivity index (χ2v) is 6.15. The van der Waals surface area contributed by atoms with Gasteiger partial charge in [-0.15, -0.1) is 0 Å². The van der Waals surface area contributed by atoms with Crippen LogP contribution in [0.25, 0.3) is 0 Å². The van der Waals surface area contributed by atoms with Crippen LogP contribution >= 0.6 is 0 Å². The van der Waals surface area contributed by atoms with Crippen molar-refractivity contribution in [3.8, 4) is 0 Å². The van der Waals surface area contributed by atoms with Gasteiger partial charge in [-0.05, 0) is 40.9 Å². The molecule has 1 aliphatic rings. The van der Waals surface area contributed by atoms with Gasteiger partial charge in [0.05, 0.1) is 6.61 Å². The normalized spacial score (nSPS) is 19.3. The molecule has 0 aromatic heterocycles. The van der Waals surface area contributed by atoms with Crippen molar-refractivity contribution in [1.29, 1.82) is 0 Å². The summed E-state index contributed by atoms with van der Waals surface area (Å²) in [5, 5.41) is 0. The van der Waals surface area contributed by atoms with Crippen LogP contribution in [-0.2, 0) is 24.2 Å². The molecule has 0 heterocycles. The largest absolute Gasteiger partial charge is 0.345 e. The summed E-state index contributed by atoms with van der Waals surface area (Å²) in [6.07, 6.45) is 2.14. The zero-order valence-electron chi connectivity index (χ0n) is 11.2. The fourth-order valence-corrected chi connectivity index (χ4v) is 2.53. The summed E-state index contributed by atoms with van der Waals surface area (Å²) in [7, 11) is 0. The van der Waals surface area contributed by atoms with Gasteiger partial charge in [0.1, 0.15) is 0 Å². The van der Waals surface area contributed by atoms with Crippen molar-refractivity contribution >= 4 is 0 Å². The fourth-order valence-electron chi connectivity index (χ4n) is 2.53. The van der Waals surface area contributed by atoms with Crippen molar-refractivity contribution in [1.82, 2.24) is 0 Å². The Labute approximate surface area is 107 Å². The van der Waals surface area contributed by atoms with E-state index in [0.717, 1.165) is 18.4 Å². The topological polar surface area (TPSA) is 9.23 Å². The number of hydrogen-bond donors (Lipinski definition) is 0.